The number of methoxy groups -OCH3 is 1. The van der Waals surface area contributed by atoms with Gasteiger partial charge in [-0.25, -0.2) is 9.69 Å². The summed E-state index contributed by atoms with van der Waals surface area (Å²) in [5.74, 6) is 0.311. The first-order valence-corrected chi connectivity index (χ1v) is 11.2. The molecule has 0 radical (unpaired) electrons. The van der Waals surface area contributed by atoms with Crippen molar-refractivity contribution in [1.82, 2.24) is 15.2 Å². The molecule has 1 saturated heterocycles. The average Bonchev–Trinajstić information content (AvgIpc) is 3.52. The van der Waals surface area contributed by atoms with Gasteiger partial charge in [-0.1, -0.05) is 0 Å². The lowest BCUT2D eigenvalue weighted by atomic mass is 9.87. The van der Waals surface area contributed by atoms with Crippen molar-refractivity contribution in [3.05, 3.63) is 59.3 Å². The number of nitrogens with zero attached hydrogens (tertiary/aromatic N) is 2. The molecule has 2 N–H and O–H groups in total. The quantitative estimate of drug-likeness (QED) is 0.604. The first-order valence-electron chi connectivity index (χ1n) is 11.2. The average molecular weight is 444 g/mol. The van der Waals surface area contributed by atoms with Gasteiger partial charge in [-0.2, -0.15) is 0 Å². The maximum absolute atomic E-state index is 13.7. The fraction of sp³-hybridized carbons (Fsp3) is 0.320. The smallest absolute Gasteiger partial charge is 0.332 e. The number of nitrogens with one attached hydrogen (secondary N) is 2. The number of benzene rings is 2. The number of aromatic amines is 1. The second kappa shape index (κ2) is 6.84. The van der Waals surface area contributed by atoms with Gasteiger partial charge in [0.1, 0.15) is 5.75 Å². The van der Waals surface area contributed by atoms with Crippen LogP contribution in [0, 0.1) is 0 Å². The lowest BCUT2D eigenvalue weighted by molar-refractivity contribution is -0.125. The maximum Gasteiger partial charge on any atom is 0.332 e. The van der Waals surface area contributed by atoms with Crippen molar-refractivity contribution in [3.8, 4) is 5.75 Å². The molecule has 2 aromatic carbocycles. The highest BCUT2D eigenvalue weighted by molar-refractivity contribution is 6.23. The Labute approximate surface area is 190 Å². The van der Waals surface area contributed by atoms with Gasteiger partial charge in [-0.3, -0.25) is 9.59 Å². The van der Waals surface area contributed by atoms with Gasteiger partial charge in [0.05, 0.1) is 18.5 Å². The van der Waals surface area contributed by atoms with Crippen LogP contribution in [-0.2, 0) is 16.8 Å². The molecule has 0 unspecified atom stereocenters. The van der Waals surface area contributed by atoms with Gasteiger partial charge in [-0.15, -0.1) is 0 Å². The number of ether oxygens (including phenoxy) is 1. The van der Waals surface area contributed by atoms with E-state index >= 15 is 0 Å². The molecule has 1 aromatic heterocycles. The first kappa shape index (κ1) is 19.8. The molecule has 4 amide bonds. The number of carbonyl (C=O) groups excluding carboxylic acids is 3. The molecule has 1 saturated carbocycles. The van der Waals surface area contributed by atoms with Gasteiger partial charge in [0.25, 0.3) is 11.8 Å². The zero-order valence-electron chi connectivity index (χ0n) is 18.5. The normalized spacial score (nSPS) is 21.9. The number of aromatic nitrogens is 1. The van der Waals surface area contributed by atoms with Crippen LogP contribution < -0.4 is 15.0 Å². The molecule has 1 aliphatic carbocycles. The standard InChI is InChI=1S/C25H24N4O4/c1-25-21-18(19-13-17(33-2)9-10-20(19)27-21)11-12-28(25)24(32)29(23(25)31)16-7-3-14(4-8-16)22(30)26-15-5-6-15/h3-4,7-10,13,15,27H,5-6,11-12H2,1-2H3,(H,26,30)/t25-/m0/s1. The Morgan fingerprint density at radius 1 is 1.15 bits per heavy atom. The molecule has 8 nitrogen and oxygen atoms in total. The molecule has 0 spiro atoms. The summed E-state index contributed by atoms with van der Waals surface area (Å²) in [6.07, 6.45) is 2.67. The van der Waals surface area contributed by atoms with E-state index in [1.807, 2.05) is 18.2 Å². The number of imide groups is 1. The Morgan fingerprint density at radius 2 is 1.91 bits per heavy atom. The molecule has 33 heavy (non-hydrogen) atoms. The lowest BCUT2D eigenvalue weighted by Crippen LogP contribution is -2.49. The van der Waals surface area contributed by atoms with E-state index in [9.17, 15) is 14.4 Å². The number of hydrogen-bond acceptors (Lipinski definition) is 4. The van der Waals surface area contributed by atoms with Gasteiger partial charge < -0.3 is 19.9 Å². The fourth-order valence-electron chi connectivity index (χ4n) is 5.03. The molecule has 6 rings (SSSR count). The van der Waals surface area contributed by atoms with Crippen LogP contribution in [0.25, 0.3) is 10.9 Å². The van der Waals surface area contributed by atoms with E-state index in [1.165, 1.54) is 4.90 Å². The van der Waals surface area contributed by atoms with E-state index in [2.05, 4.69) is 10.3 Å². The van der Waals surface area contributed by atoms with Gasteiger partial charge in [-0.05, 0) is 74.2 Å². The monoisotopic (exact) mass is 444 g/mol. The molecule has 8 heteroatoms. The number of amides is 4. The summed E-state index contributed by atoms with van der Waals surface area (Å²) in [5.41, 5.74) is 2.55. The molecular formula is C25H24N4O4. The Morgan fingerprint density at radius 3 is 2.61 bits per heavy atom. The zero-order chi connectivity index (χ0) is 22.9. The highest BCUT2D eigenvalue weighted by Gasteiger charge is 2.59. The summed E-state index contributed by atoms with van der Waals surface area (Å²) >= 11 is 0. The summed E-state index contributed by atoms with van der Waals surface area (Å²) in [6.45, 7) is 2.24. The fourth-order valence-corrected chi connectivity index (χ4v) is 5.03. The number of H-pyrrole nitrogens is 1. The summed E-state index contributed by atoms with van der Waals surface area (Å²) in [7, 11) is 1.63. The van der Waals surface area contributed by atoms with Crippen LogP contribution in [0.4, 0.5) is 10.5 Å². The minimum absolute atomic E-state index is 0.134. The van der Waals surface area contributed by atoms with Crippen LogP contribution in [0.5, 0.6) is 5.75 Å². The van der Waals surface area contributed by atoms with Crippen LogP contribution in [0.3, 0.4) is 0 Å². The molecule has 0 bridgehead atoms. The van der Waals surface area contributed by atoms with E-state index in [1.54, 1.807) is 43.2 Å². The third kappa shape index (κ3) is 2.79. The van der Waals surface area contributed by atoms with Gasteiger partial charge in [0, 0.05) is 29.1 Å². The molecule has 2 fully saturated rings. The van der Waals surface area contributed by atoms with Crippen LogP contribution >= 0.6 is 0 Å². The van der Waals surface area contributed by atoms with E-state index in [0.717, 1.165) is 40.8 Å². The summed E-state index contributed by atoms with van der Waals surface area (Å²) < 4.78 is 5.38. The van der Waals surface area contributed by atoms with E-state index < -0.39 is 5.54 Å². The molecule has 2 aliphatic heterocycles. The highest BCUT2D eigenvalue weighted by atomic mass is 16.5. The van der Waals surface area contributed by atoms with Crippen LogP contribution in [0.2, 0.25) is 0 Å². The topological polar surface area (TPSA) is 94.7 Å². The summed E-state index contributed by atoms with van der Waals surface area (Å²) in [6, 6.07) is 12.3. The van der Waals surface area contributed by atoms with Crippen molar-refractivity contribution in [3.63, 3.8) is 0 Å². The Balaban J connectivity index is 1.37. The zero-order valence-corrected chi connectivity index (χ0v) is 18.5. The summed E-state index contributed by atoms with van der Waals surface area (Å²) in [5, 5.41) is 3.96. The Kier molecular flexibility index (Phi) is 4.11. The van der Waals surface area contributed by atoms with Crippen LogP contribution in [-0.4, -0.2) is 47.4 Å². The number of anilines is 1. The third-order valence-electron chi connectivity index (χ3n) is 7.07. The van der Waals surface area contributed by atoms with Crippen LogP contribution in [0.1, 0.15) is 41.4 Å². The number of fused-ring (bicyclic) bond motifs is 5. The van der Waals surface area contributed by atoms with E-state index in [4.69, 9.17) is 4.74 Å². The summed E-state index contributed by atoms with van der Waals surface area (Å²) in [4.78, 5) is 45.7. The minimum Gasteiger partial charge on any atom is -0.497 e. The number of urea groups is 1. The Hall–Kier alpha value is -3.81. The van der Waals surface area contributed by atoms with Crippen molar-refractivity contribution in [2.24, 2.45) is 0 Å². The molecule has 3 aliphatic rings. The second-order valence-electron chi connectivity index (χ2n) is 9.08. The predicted molar refractivity (Wildman–Crippen MR) is 122 cm³/mol. The largest absolute Gasteiger partial charge is 0.497 e. The van der Waals surface area contributed by atoms with Crippen molar-refractivity contribution in [1.29, 1.82) is 0 Å². The van der Waals surface area contributed by atoms with Crippen molar-refractivity contribution in [2.45, 2.75) is 37.8 Å². The van der Waals surface area contributed by atoms with Gasteiger partial charge in [0.15, 0.2) is 5.54 Å². The van der Waals surface area contributed by atoms with E-state index in [-0.39, 0.29) is 23.9 Å². The highest BCUT2D eigenvalue weighted by Crippen LogP contribution is 2.45. The van der Waals surface area contributed by atoms with Crippen molar-refractivity contribution >= 4 is 34.4 Å². The van der Waals surface area contributed by atoms with Crippen molar-refractivity contribution < 1.29 is 19.1 Å². The first-order chi connectivity index (χ1) is 15.9. The molecule has 1 atom stereocenters. The minimum atomic E-state index is -1.13. The number of rotatable bonds is 4. The van der Waals surface area contributed by atoms with Crippen molar-refractivity contribution in [2.75, 3.05) is 18.6 Å². The maximum atomic E-state index is 13.7. The number of carbonyl (C=O) groups is 3. The molecular weight excluding hydrogens is 420 g/mol. The second-order valence-corrected chi connectivity index (χ2v) is 9.08. The molecule has 3 aromatic rings. The molecule has 3 heterocycles. The SMILES string of the molecule is COc1ccc2[nH]c3c(c2c1)CCN1C(=O)N(c2ccc(C(=O)NC4CC4)cc2)C(=O)[C@]31C. The van der Waals surface area contributed by atoms with Gasteiger partial charge >= 0.3 is 6.03 Å². The lowest BCUT2D eigenvalue weighted by Gasteiger charge is -2.35. The third-order valence-corrected chi connectivity index (χ3v) is 7.07. The predicted octanol–water partition coefficient (Wildman–Crippen LogP) is 3.31. The molecule has 168 valence electrons. The van der Waals surface area contributed by atoms with Gasteiger partial charge in [0.2, 0.25) is 0 Å². The Bertz CT molecular complexity index is 1320. The number of hydrogen-bond donors (Lipinski definition) is 2. The van der Waals surface area contributed by atoms with Crippen LogP contribution in [0.15, 0.2) is 42.5 Å². The van der Waals surface area contributed by atoms with E-state index in [0.29, 0.717) is 24.2 Å².